The Kier molecular flexibility index (Phi) is 4.13. The first-order valence-electron chi connectivity index (χ1n) is 7.50. The SMILES string of the molecule is COc1cc(NC(=O)OC(C)(C)C)ccc1C1C(N)C1(C)C. The molecule has 1 aliphatic carbocycles. The molecule has 2 atom stereocenters. The number of carbonyl (C=O) groups is 1. The molecule has 5 nitrogen and oxygen atoms in total. The Morgan fingerprint density at radius 3 is 2.36 bits per heavy atom. The number of hydrogen-bond donors (Lipinski definition) is 2. The number of anilines is 1. The molecule has 1 saturated carbocycles. The van der Waals surface area contributed by atoms with Crippen molar-refractivity contribution in [3.63, 3.8) is 0 Å². The highest BCUT2D eigenvalue weighted by molar-refractivity contribution is 5.85. The minimum Gasteiger partial charge on any atom is -0.496 e. The average Bonchev–Trinajstić information content (AvgIpc) is 2.86. The maximum Gasteiger partial charge on any atom is 0.412 e. The van der Waals surface area contributed by atoms with Gasteiger partial charge in [-0.3, -0.25) is 5.32 Å². The molecule has 5 heteroatoms. The van der Waals surface area contributed by atoms with Gasteiger partial charge in [-0.25, -0.2) is 4.79 Å². The molecule has 22 heavy (non-hydrogen) atoms. The summed E-state index contributed by atoms with van der Waals surface area (Å²) in [5.41, 5.74) is 7.41. The van der Waals surface area contributed by atoms with Crippen LogP contribution in [-0.2, 0) is 4.74 Å². The summed E-state index contributed by atoms with van der Waals surface area (Å²) in [5.74, 6) is 1.01. The Morgan fingerprint density at radius 2 is 1.91 bits per heavy atom. The summed E-state index contributed by atoms with van der Waals surface area (Å²) in [5, 5.41) is 2.72. The molecule has 0 radical (unpaired) electrons. The fourth-order valence-corrected chi connectivity index (χ4v) is 2.74. The molecule has 0 aliphatic heterocycles. The summed E-state index contributed by atoms with van der Waals surface area (Å²) in [6.07, 6.45) is -0.481. The van der Waals surface area contributed by atoms with Gasteiger partial charge < -0.3 is 15.2 Å². The van der Waals surface area contributed by atoms with Crippen LogP contribution < -0.4 is 15.8 Å². The zero-order valence-corrected chi connectivity index (χ0v) is 14.2. The molecule has 0 heterocycles. The van der Waals surface area contributed by atoms with Crippen molar-refractivity contribution < 1.29 is 14.3 Å². The zero-order valence-electron chi connectivity index (χ0n) is 14.2. The molecule has 1 amide bonds. The average molecular weight is 306 g/mol. The second-order valence-corrected chi connectivity index (χ2v) is 7.41. The van der Waals surface area contributed by atoms with Gasteiger partial charge >= 0.3 is 6.09 Å². The number of methoxy groups -OCH3 is 1. The predicted octanol–water partition coefficient (Wildman–Crippen LogP) is 3.49. The number of hydrogen-bond acceptors (Lipinski definition) is 4. The summed E-state index contributed by atoms with van der Waals surface area (Å²) in [7, 11) is 1.62. The first-order chi connectivity index (χ1) is 10.1. The lowest BCUT2D eigenvalue weighted by Crippen LogP contribution is -2.27. The number of ether oxygens (including phenoxy) is 2. The highest BCUT2D eigenvalue weighted by Gasteiger charge is 2.57. The van der Waals surface area contributed by atoms with E-state index in [1.807, 2.05) is 32.9 Å². The third-order valence-electron chi connectivity index (χ3n) is 4.12. The molecule has 1 fully saturated rings. The van der Waals surface area contributed by atoms with Crippen molar-refractivity contribution in [2.45, 2.75) is 52.2 Å². The van der Waals surface area contributed by atoms with E-state index in [1.165, 1.54) is 0 Å². The predicted molar refractivity (Wildman–Crippen MR) is 87.3 cm³/mol. The van der Waals surface area contributed by atoms with Crippen molar-refractivity contribution in [2.75, 3.05) is 12.4 Å². The molecular weight excluding hydrogens is 280 g/mol. The number of carbonyl (C=O) groups excluding carboxylic acids is 1. The van der Waals surface area contributed by atoms with Gasteiger partial charge in [-0.2, -0.15) is 0 Å². The second kappa shape index (κ2) is 5.47. The van der Waals surface area contributed by atoms with Crippen LogP contribution in [0, 0.1) is 5.41 Å². The molecule has 0 aromatic heterocycles. The van der Waals surface area contributed by atoms with Gasteiger partial charge in [0.1, 0.15) is 11.4 Å². The molecular formula is C17H26N2O3. The van der Waals surface area contributed by atoms with Gasteiger partial charge in [0.2, 0.25) is 0 Å². The molecule has 0 spiro atoms. The lowest BCUT2D eigenvalue weighted by atomic mass is 10.0. The maximum absolute atomic E-state index is 11.8. The fraction of sp³-hybridized carbons (Fsp3) is 0.588. The molecule has 1 aromatic carbocycles. The quantitative estimate of drug-likeness (QED) is 0.896. The molecule has 1 aliphatic rings. The lowest BCUT2D eigenvalue weighted by Gasteiger charge is -2.20. The van der Waals surface area contributed by atoms with Crippen LogP contribution in [0.5, 0.6) is 5.75 Å². The highest BCUT2D eigenvalue weighted by atomic mass is 16.6. The van der Waals surface area contributed by atoms with Crippen LogP contribution >= 0.6 is 0 Å². The van der Waals surface area contributed by atoms with Crippen LogP contribution in [0.25, 0.3) is 0 Å². The third kappa shape index (κ3) is 3.35. The van der Waals surface area contributed by atoms with Crippen LogP contribution in [0.4, 0.5) is 10.5 Å². The number of amides is 1. The van der Waals surface area contributed by atoms with Gasteiger partial charge in [-0.1, -0.05) is 19.9 Å². The molecule has 2 rings (SSSR count). The first kappa shape index (κ1) is 16.6. The number of benzene rings is 1. The molecule has 122 valence electrons. The van der Waals surface area contributed by atoms with E-state index >= 15 is 0 Å². The first-order valence-corrected chi connectivity index (χ1v) is 7.50. The normalized spacial score (nSPS) is 22.9. The van der Waals surface area contributed by atoms with E-state index < -0.39 is 11.7 Å². The maximum atomic E-state index is 11.8. The molecule has 1 aromatic rings. The fourth-order valence-electron chi connectivity index (χ4n) is 2.74. The van der Waals surface area contributed by atoms with E-state index in [0.717, 1.165) is 11.3 Å². The van der Waals surface area contributed by atoms with Gasteiger partial charge in [0, 0.05) is 23.7 Å². The largest absolute Gasteiger partial charge is 0.496 e. The van der Waals surface area contributed by atoms with Gasteiger partial charge in [0.15, 0.2) is 0 Å². The molecule has 3 N–H and O–H groups in total. The van der Waals surface area contributed by atoms with E-state index in [9.17, 15) is 4.79 Å². The van der Waals surface area contributed by atoms with Crippen molar-refractivity contribution in [3.8, 4) is 5.75 Å². The molecule has 0 saturated heterocycles. The highest BCUT2D eigenvalue weighted by Crippen LogP contribution is 2.59. The van der Waals surface area contributed by atoms with E-state index in [-0.39, 0.29) is 17.4 Å². The number of nitrogens with two attached hydrogens (primary N) is 1. The standard InChI is InChI=1S/C17H26N2O3/c1-16(2,3)22-15(20)19-10-7-8-11(12(9-10)21-6)13-14(18)17(13,4)5/h7-9,13-14H,18H2,1-6H3,(H,19,20). The van der Waals surface area contributed by atoms with Crippen molar-refractivity contribution in [2.24, 2.45) is 11.1 Å². The smallest absolute Gasteiger partial charge is 0.412 e. The van der Waals surface area contributed by atoms with Crippen molar-refractivity contribution in [1.82, 2.24) is 0 Å². The third-order valence-corrected chi connectivity index (χ3v) is 4.12. The minimum atomic E-state index is -0.529. The van der Waals surface area contributed by atoms with Gasteiger partial charge in [0.25, 0.3) is 0 Å². The van der Waals surface area contributed by atoms with E-state index in [0.29, 0.717) is 5.69 Å². The summed E-state index contributed by atoms with van der Waals surface area (Å²) in [6.45, 7) is 9.77. The van der Waals surface area contributed by atoms with Crippen LogP contribution in [-0.4, -0.2) is 24.8 Å². The lowest BCUT2D eigenvalue weighted by molar-refractivity contribution is 0.0636. The number of nitrogens with one attached hydrogen (secondary N) is 1. The van der Waals surface area contributed by atoms with Crippen molar-refractivity contribution in [1.29, 1.82) is 0 Å². The monoisotopic (exact) mass is 306 g/mol. The summed E-state index contributed by atoms with van der Waals surface area (Å²) < 4.78 is 10.7. The van der Waals surface area contributed by atoms with Gasteiger partial charge in [-0.05, 0) is 37.8 Å². The van der Waals surface area contributed by atoms with Crippen molar-refractivity contribution >= 4 is 11.8 Å². The van der Waals surface area contributed by atoms with Crippen LogP contribution in [0.3, 0.4) is 0 Å². The topological polar surface area (TPSA) is 73.6 Å². The van der Waals surface area contributed by atoms with E-state index in [4.69, 9.17) is 15.2 Å². The minimum absolute atomic E-state index is 0.0768. The van der Waals surface area contributed by atoms with Crippen LogP contribution in [0.15, 0.2) is 18.2 Å². The van der Waals surface area contributed by atoms with E-state index in [1.54, 1.807) is 13.2 Å². The number of rotatable bonds is 3. The summed E-state index contributed by atoms with van der Waals surface area (Å²) in [6, 6.07) is 5.75. The second-order valence-electron chi connectivity index (χ2n) is 7.41. The van der Waals surface area contributed by atoms with Crippen LogP contribution in [0.1, 0.15) is 46.1 Å². The zero-order chi connectivity index (χ0) is 16.7. The Balaban J connectivity index is 2.15. The Bertz CT molecular complexity index is 576. The molecule has 0 bridgehead atoms. The summed E-state index contributed by atoms with van der Waals surface area (Å²) >= 11 is 0. The molecule has 2 unspecified atom stereocenters. The van der Waals surface area contributed by atoms with Crippen LogP contribution in [0.2, 0.25) is 0 Å². The van der Waals surface area contributed by atoms with Gasteiger partial charge in [0.05, 0.1) is 7.11 Å². The Labute approximate surface area is 132 Å². The Hall–Kier alpha value is -1.75. The van der Waals surface area contributed by atoms with Crippen molar-refractivity contribution in [3.05, 3.63) is 23.8 Å². The Morgan fingerprint density at radius 1 is 1.32 bits per heavy atom. The van der Waals surface area contributed by atoms with Gasteiger partial charge in [-0.15, -0.1) is 0 Å². The van der Waals surface area contributed by atoms with E-state index in [2.05, 4.69) is 19.2 Å². The summed E-state index contributed by atoms with van der Waals surface area (Å²) in [4.78, 5) is 11.8.